The van der Waals surface area contributed by atoms with E-state index in [-0.39, 0.29) is 22.3 Å². The van der Waals surface area contributed by atoms with Gasteiger partial charge >= 0.3 is 0 Å². The SMILES string of the molecule is C[C@H]1S[C@@H](c2cccc(F)c2)N(CCN(C)C)C1=O. The summed E-state index contributed by atoms with van der Waals surface area (Å²) in [6.45, 7) is 3.39. The molecule has 0 N–H and O–H groups in total. The van der Waals surface area contributed by atoms with Crippen molar-refractivity contribution in [3.63, 3.8) is 0 Å². The van der Waals surface area contributed by atoms with Crippen LogP contribution in [0.1, 0.15) is 17.9 Å². The van der Waals surface area contributed by atoms with Crippen LogP contribution in [0.3, 0.4) is 0 Å². The fraction of sp³-hybridized carbons (Fsp3) is 0.500. The molecule has 1 aliphatic heterocycles. The van der Waals surface area contributed by atoms with E-state index in [1.54, 1.807) is 17.8 Å². The van der Waals surface area contributed by atoms with Crippen molar-refractivity contribution in [1.29, 1.82) is 0 Å². The first kappa shape index (κ1) is 14.3. The summed E-state index contributed by atoms with van der Waals surface area (Å²) in [5, 5.41) is -0.131. The molecule has 2 rings (SSSR count). The van der Waals surface area contributed by atoms with E-state index in [1.807, 2.05) is 36.9 Å². The van der Waals surface area contributed by atoms with Crippen molar-refractivity contribution in [1.82, 2.24) is 9.80 Å². The zero-order chi connectivity index (χ0) is 14.0. The molecular weight excluding hydrogens is 263 g/mol. The Morgan fingerprint density at radius 1 is 1.42 bits per heavy atom. The minimum atomic E-state index is -0.252. The molecule has 1 saturated heterocycles. The van der Waals surface area contributed by atoms with Gasteiger partial charge in [0, 0.05) is 13.1 Å². The summed E-state index contributed by atoms with van der Waals surface area (Å²) in [5.41, 5.74) is 0.862. The maximum atomic E-state index is 13.3. The average molecular weight is 282 g/mol. The van der Waals surface area contributed by atoms with Crippen molar-refractivity contribution in [3.05, 3.63) is 35.6 Å². The Labute approximate surface area is 117 Å². The largest absolute Gasteiger partial charge is 0.324 e. The normalized spacial score (nSPS) is 23.4. The molecule has 104 valence electrons. The van der Waals surface area contributed by atoms with Crippen LogP contribution in [-0.4, -0.2) is 48.1 Å². The lowest BCUT2D eigenvalue weighted by Gasteiger charge is -2.25. The predicted molar refractivity (Wildman–Crippen MR) is 76.5 cm³/mol. The van der Waals surface area contributed by atoms with Crippen LogP contribution in [0.25, 0.3) is 0 Å². The highest BCUT2D eigenvalue weighted by atomic mass is 32.2. The van der Waals surface area contributed by atoms with Gasteiger partial charge in [0.25, 0.3) is 0 Å². The highest BCUT2D eigenvalue weighted by Gasteiger charge is 2.38. The second-order valence-corrected chi connectivity index (χ2v) is 6.45. The van der Waals surface area contributed by atoms with E-state index in [4.69, 9.17) is 0 Å². The summed E-state index contributed by atoms with van der Waals surface area (Å²) in [4.78, 5) is 16.1. The number of hydrogen-bond acceptors (Lipinski definition) is 3. The van der Waals surface area contributed by atoms with Crippen molar-refractivity contribution >= 4 is 17.7 Å². The molecule has 0 spiro atoms. The third-order valence-electron chi connectivity index (χ3n) is 3.17. The van der Waals surface area contributed by atoms with Gasteiger partial charge in [0.05, 0.1) is 5.25 Å². The molecule has 1 aliphatic rings. The van der Waals surface area contributed by atoms with Crippen molar-refractivity contribution < 1.29 is 9.18 Å². The molecule has 0 bridgehead atoms. The van der Waals surface area contributed by atoms with Crippen molar-refractivity contribution in [2.45, 2.75) is 17.5 Å². The average Bonchev–Trinajstić information content (AvgIpc) is 2.63. The van der Waals surface area contributed by atoms with E-state index in [0.717, 1.165) is 12.1 Å². The van der Waals surface area contributed by atoms with Gasteiger partial charge in [-0.25, -0.2) is 4.39 Å². The maximum absolute atomic E-state index is 13.3. The number of amides is 1. The number of benzene rings is 1. The fourth-order valence-corrected chi connectivity index (χ4v) is 3.43. The first-order valence-corrected chi connectivity index (χ1v) is 7.29. The van der Waals surface area contributed by atoms with Crippen LogP contribution in [0.15, 0.2) is 24.3 Å². The van der Waals surface area contributed by atoms with Gasteiger partial charge in [0.1, 0.15) is 11.2 Å². The number of hydrogen-bond donors (Lipinski definition) is 0. The standard InChI is InChI=1S/C14H19FN2OS/c1-10-13(18)17(8-7-16(2)3)14(19-10)11-5-4-6-12(15)9-11/h4-6,9-10,14H,7-8H2,1-3H3/t10-,14+/m1/s1. The summed E-state index contributed by atoms with van der Waals surface area (Å²) in [6.07, 6.45) is 0. The molecule has 0 aliphatic carbocycles. The number of carbonyl (C=O) groups is 1. The summed E-state index contributed by atoms with van der Waals surface area (Å²) >= 11 is 1.59. The molecule has 0 unspecified atom stereocenters. The molecule has 3 nitrogen and oxygen atoms in total. The molecule has 0 radical (unpaired) electrons. The Morgan fingerprint density at radius 3 is 2.79 bits per heavy atom. The molecular formula is C14H19FN2OS. The quantitative estimate of drug-likeness (QED) is 0.847. The molecule has 1 fully saturated rings. The van der Waals surface area contributed by atoms with Crippen LogP contribution >= 0.6 is 11.8 Å². The molecule has 0 saturated carbocycles. The topological polar surface area (TPSA) is 23.6 Å². The van der Waals surface area contributed by atoms with Gasteiger partial charge in [0.15, 0.2) is 0 Å². The van der Waals surface area contributed by atoms with Crippen LogP contribution < -0.4 is 0 Å². The van der Waals surface area contributed by atoms with Crippen LogP contribution in [-0.2, 0) is 4.79 Å². The number of nitrogens with zero attached hydrogens (tertiary/aromatic N) is 2. The number of thioether (sulfide) groups is 1. The van der Waals surface area contributed by atoms with Crippen LogP contribution in [0, 0.1) is 5.82 Å². The van der Waals surface area contributed by atoms with Gasteiger partial charge in [-0.05, 0) is 38.7 Å². The first-order valence-electron chi connectivity index (χ1n) is 6.35. The second kappa shape index (κ2) is 5.92. The van der Waals surface area contributed by atoms with Gasteiger partial charge in [-0.2, -0.15) is 0 Å². The minimum Gasteiger partial charge on any atom is -0.324 e. The smallest absolute Gasteiger partial charge is 0.236 e. The Hall–Kier alpha value is -1.07. The fourth-order valence-electron chi connectivity index (χ4n) is 2.13. The van der Waals surface area contributed by atoms with E-state index in [2.05, 4.69) is 0 Å². The Bertz CT molecular complexity index is 467. The Kier molecular flexibility index (Phi) is 4.47. The minimum absolute atomic E-state index is 0.0598. The van der Waals surface area contributed by atoms with E-state index in [9.17, 15) is 9.18 Å². The molecule has 0 aromatic heterocycles. The van der Waals surface area contributed by atoms with Crippen molar-refractivity contribution in [2.24, 2.45) is 0 Å². The zero-order valence-corrected chi connectivity index (χ0v) is 12.3. The van der Waals surface area contributed by atoms with Gasteiger partial charge in [-0.3, -0.25) is 4.79 Å². The lowest BCUT2D eigenvalue weighted by Crippen LogP contribution is -2.36. The zero-order valence-electron chi connectivity index (χ0n) is 11.5. The number of carbonyl (C=O) groups excluding carboxylic acids is 1. The number of rotatable bonds is 4. The van der Waals surface area contributed by atoms with Gasteiger partial charge < -0.3 is 9.80 Å². The summed E-state index contributed by atoms with van der Waals surface area (Å²) in [7, 11) is 3.96. The highest BCUT2D eigenvalue weighted by Crippen LogP contribution is 2.42. The van der Waals surface area contributed by atoms with Gasteiger partial charge in [-0.1, -0.05) is 12.1 Å². The first-order chi connectivity index (χ1) is 8.99. The van der Waals surface area contributed by atoms with Crippen LogP contribution in [0.5, 0.6) is 0 Å². The molecule has 1 heterocycles. The highest BCUT2D eigenvalue weighted by molar-refractivity contribution is 8.01. The third kappa shape index (κ3) is 3.28. The molecule has 1 amide bonds. The van der Waals surface area contributed by atoms with E-state index >= 15 is 0 Å². The maximum Gasteiger partial charge on any atom is 0.236 e. The van der Waals surface area contributed by atoms with E-state index in [1.165, 1.54) is 12.1 Å². The lowest BCUT2D eigenvalue weighted by atomic mass is 10.2. The van der Waals surface area contributed by atoms with E-state index < -0.39 is 0 Å². The number of likely N-dealkylation sites (N-methyl/N-ethyl adjacent to an activating group) is 1. The molecule has 1 aromatic rings. The Balaban J connectivity index is 2.19. The van der Waals surface area contributed by atoms with Crippen molar-refractivity contribution in [3.8, 4) is 0 Å². The van der Waals surface area contributed by atoms with Gasteiger partial charge in [-0.15, -0.1) is 11.8 Å². The van der Waals surface area contributed by atoms with Crippen LogP contribution in [0.2, 0.25) is 0 Å². The molecule has 19 heavy (non-hydrogen) atoms. The predicted octanol–water partition coefficient (Wildman–Crippen LogP) is 2.35. The number of halogens is 1. The van der Waals surface area contributed by atoms with E-state index in [0.29, 0.717) is 6.54 Å². The van der Waals surface area contributed by atoms with Gasteiger partial charge in [0.2, 0.25) is 5.91 Å². The Morgan fingerprint density at radius 2 is 2.16 bits per heavy atom. The van der Waals surface area contributed by atoms with Crippen molar-refractivity contribution in [2.75, 3.05) is 27.2 Å². The molecule has 2 atom stereocenters. The summed E-state index contributed by atoms with van der Waals surface area (Å²) in [5.74, 6) is -0.112. The summed E-state index contributed by atoms with van der Waals surface area (Å²) < 4.78 is 13.3. The third-order valence-corrected chi connectivity index (χ3v) is 4.56. The van der Waals surface area contributed by atoms with Crippen LogP contribution in [0.4, 0.5) is 4.39 Å². The molecule has 1 aromatic carbocycles. The second-order valence-electron chi connectivity index (χ2n) is 5.02. The monoisotopic (exact) mass is 282 g/mol. The molecule has 5 heteroatoms. The lowest BCUT2D eigenvalue weighted by molar-refractivity contribution is -0.129. The summed E-state index contributed by atoms with van der Waals surface area (Å²) in [6, 6.07) is 6.53.